The zero-order valence-electron chi connectivity index (χ0n) is 8.41. The van der Waals surface area contributed by atoms with Crippen LogP contribution < -0.4 is 0 Å². The number of hydrogen-bond donors (Lipinski definition) is 0. The molecule has 0 saturated heterocycles. The van der Waals surface area contributed by atoms with Gasteiger partial charge in [-0.25, -0.2) is 0 Å². The van der Waals surface area contributed by atoms with Crippen molar-refractivity contribution in [3.05, 3.63) is 29.3 Å². The van der Waals surface area contributed by atoms with Crippen molar-refractivity contribution in [2.75, 3.05) is 12.9 Å². The van der Waals surface area contributed by atoms with Crippen molar-refractivity contribution in [2.24, 2.45) is 5.16 Å². The summed E-state index contributed by atoms with van der Waals surface area (Å²) in [7, 11) is 1.60. The number of hydrogen-bond acceptors (Lipinski definition) is 3. The molecular formula is C11H13NOS. The summed E-state index contributed by atoms with van der Waals surface area (Å²) in [6.07, 6.45) is 0.995. The van der Waals surface area contributed by atoms with Crippen LogP contribution in [0.4, 0.5) is 0 Å². The van der Waals surface area contributed by atoms with E-state index < -0.39 is 0 Å². The summed E-state index contributed by atoms with van der Waals surface area (Å²) < 4.78 is 0. The molecule has 0 aromatic heterocycles. The average Bonchev–Trinajstić information content (AvgIpc) is 2.18. The third-order valence-electron chi connectivity index (χ3n) is 2.25. The summed E-state index contributed by atoms with van der Waals surface area (Å²) in [4.78, 5) is 6.17. The zero-order chi connectivity index (χ0) is 9.97. The Morgan fingerprint density at radius 1 is 1.43 bits per heavy atom. The summed E-state index contributed by atoms with van der Waals surface area (Å²) in [6.45, 7) is 2.11. The average molecular weight is 207 g/mol. The van der Waals surface area contributed by atoms with E-state index in [4.69, 9.17) is 4.84 Å². The quantitative estimate of drug-likeness (QED) is 0.660. The van der Waals surface area contributed by atoms with E-state index in [2.05, 4.69) is 30.3 Å². The second-order valence-electron chi connectivity index (χ2n) is 3.32. The Morgan fingerprint density at radius 2 is 2.29 bits per heavy atom. The Labute approximate surface area is 88.3 Å². The molecule has 0 aliphatic carbocycles. The van der Waals surface area contributed by atoms with E-state index in [1.165, 1.54) is 16.0 Å². The van der Waals surface area contributed by atoms with Gasteiger partial charge in [0.25, 0.3) is 0 Å². The topological polar surface area (TPSA) is 21.6 Å². The van der Waals surface area contributed by atoms with Crippen LogP contribution in [-0.4, -0.2) is 18.6 Å². The maximum atomic E-state index is 4.85. The molecule has 2 nitrogen and oxygen atoms in total. The molecule has 0 bridgehead atoms. The highest BCUT2D eigenvalue weighted by Crippen LogP contribution is 2.30. The minimum atomic E-state index is 0.995. The molecule has 0 fully saturated rings. The van der Waals surface area contributed by atoms with Gasteiger partial charge in [0.2, 0.25) is 0 Å². The first-order valence-electron chi connectivity index (χ1n) is 4.65. The van der Waals surface area contributed by atoms with Crippen LogP contribution in [0.2, 0.25) is 0 Å². The Balaban J connectivity index is 2.45. The standard InChI is InChI=1S/C11H13NOS/c1-8-3-4-9-10(12-13-2)5-6-14-11(9)7-8/h3-4,7H,5-6H2,1-2H3/b12-10-. The second-order valence-corrected chi connectivity index (χ2v) is 4.46. The molecule has 0 atom stereocenters. The van der Waals surface area contributed by atoms with Gasteiger partial charge in [-0.15, -0.1) is 11.8 Å². The monoisotopic (exact) mass is 207 g/mol. The molecule has 0 spiro atoms. The van der Waals surface area contributed by atoms with Gasteiger partial charge in [-0.2, -0.15) is 0 Å². The third-order valence-corrected chi connectivity index (χ3v) is 3.30. The summed E-state index contributed by atoms with van der Waals surface area (Å²) in [5.74, 6) is 1.10. The van der Waals surface area contributed by atoms with E-state index in [9.17, 15) is 0 Å². The van der Waals surface area contributed by atoms with Crippen molar-refractivity contribution in [1.29, 1.82) is 0 Å². The molecule has 0 unspecified atom stereocenters. The van der Waals surface area contributed by atoms with Gasteiger partial charge in [0, 0.05) is 22.6 Å². The van der Waals surface area contributed by atoms with Crippen LogP contribution in [0.3, 0.4) is 0 Å². The van der Waals surface area contributed by atoms with Crippen molar-refractivity contribution in [3.8, 4) is 0 Å². The van der Waals surface area contributed by atoms with E-state index in [0.29, 0.717) is 0 Å². The van der Waals surface area contributed by atoms with E-state index >= 15 is 0 Å². The normalized spacial score (nSPS) is 18.0. The minimum Gasteiger partial charge on any atom is -0.399 e. The molecule has 14 heavy (non-hydrogen) atoms. The summed E-state index contributed by atoms with van der Waals surface area (Å²) in [6, 6.07) is 6.47. The Hall–Kier alpha value is -0.960. The summed E-state index contributed by atoms with van der Waals surface area (Å²) >= 11 is 1.90. The molecule has 0 N–H and O–H groups in total. The Bertz CT molecular complexity index is 374. The zero-order valence-corrected chi connectivity index (χ0v) is 9.23. The smallest absolute Gasteiger partial charge is 0.106 e. The van der Waals surface area contributed by atoms with E-state index in [1.807, 2.05) is 11.8 Å². The van der Waals surface area contributed by atoms with Gasteiger partial charge in [-0.3, -0.25) is 0 Å². The number of fused-ring (bicyclic) bond motifs is 1. The van der Waals surface area contributed by atoms with Gasteiger partial charge in [-0.1, -0.05) is 17.3 Å². The lowest BCUT2D eigenvalue weighted by Gasteiger charge is -2.16. The third kappa shape index (κ3) is 1.77. The Morgan fingerprint density at radius 3 is 3.07 bits per heavy atom. The van der Waals surface area contributed by atoms with Gasteiger partial charge in [0.05, 0.1) is 5.71 Å². The number of nitrogens with zero attached hydrogens (tertiary/aromatic N) is 1. The number of aryl methyl sites for hydroxylation is 1. The molecule has 0 radical (unpaired) electrons. The fourth-order valence-corrected chi connectivity index (χ4v) is 2.71. The molecule has 1 heterocycles. The highest BCUT2D eigenvalue weighted by atomic mass is 32.2. The molecule has 2 rings (SSSR count). The SMILES string of the molecule is CO/N=C1/CCSc2cc(C)ccc21. The first-order valence-corrected chi connectivity index (χ1v) is 5.63. The number of thioether (sulfide) groups is 1. The van der Waals surface area contributed by atoms with E-state index in [-0.39, 0.29) is 0 Å². The molecule has 1 aromatic rings. The van der Waals surface area contributed by atoms with Crippen molar-refractivity contribution in [2.45, 2.75) is 18.2 Å². The summed E-state index contributed by atoms with van der Waals surface area (Å²) in [5, 5.41) is 4.06. The van der Waals surface area contributed by atoms with Gasteiger partial charge in [0.1, 0.15) is 7.11 Å². The van der Waals surface area contributed by atoms with Gasteiger partial charge >= 0.3 is 0 Å². The highest BCUT2D eigenvalue weighted by Gasteiger charge is 2.16. The Kier molecular flexibility index (Phi) is 2.77. The van der Waals surface area contributed by atoms with Gasteiger partial charge in [-0.05, 0) is 18.6 Å². The lowest BCUT2D eigenvalue weighted by atomic mass is 10.1. The summed E-state index contributed by atoms with van der Waals surface area (Å²) in [5.41, 5.74) is 3.60. The maximum absolute atomic E-state index is 4.85. The van der Waals surface area contributed by atoms with Crippen LogP contribution in [0.25, 0.3) is 0 Å². The molecule has 1 aliphatic rings. The first-order chi connectivity index (χ1) is 6.81. The molecule has 3 heteroatoms. The van der Waals surface area contributed by atoms with Crippen LogP contribution in [0.15, 0.2) is 28.3 Å². The lowest BCUT2D eigenvalue weighted by Crippen LogP contribution is -2.10. The second kappa shape index (κ2) is 4.05. The van der Waals surface area contributed by atoms with Crippen LogP contribution in [0.1, 0.15) is 17.5 Å². The van der Waals surface area contributed by atoms with Gasteiger partial charge < -0.3 is 4.84 Å². The van der Waals surface area contributed by atoms with Crippen molar-refractivity contribution >= 4 is 17.5 Å². The predicted octanol–water partition coefficient (Wildman–Crippen LogP) is 2.84. The minimum absolute atomic E-state index is 0.995. The molecule has 1 aromatic carbocycles. The molecular weight excluding hydrogens is 194 g/mol. The lowest BCUT2D eigenvalue weighted by molar-refractivity contribution is 0.213. The predicted molar refractivity (Wildman–Crippen MR) is 60.1 cm³/mol. The molecule has 74 valence electrons. The van der Waals surface area contributed by atoms with E-state index in [1.54, 1.807) is 7.11 Å². The molecule has 1 aliphatic heterocycles. The van der Waals surface area contributed by atoms with Crippen LogP contribution in [0, 0.1) is 6.92 Å². The van der Waals surface area contributed by atoms with Crippen molar-refractivity contribution in [3.63, 3.8) is 0 Å². The fraction of sp³-hybridized carbons (Fsp3) is 0.364. The fourth-order valence-electron chi connectivity index (χ4n) is 1.58. The van der Waals surface area contributed by atoms with Crippen molar-refractivity contribution in [1.82, 2.24) is 0 Å². The number of benzene rings is 1. The number of rotatable bonds is 1. The molecule has 0 saturated carbocycles. The van der Waals surface area contributed by atoms with Crippen LogP contribution >= 0.6 is 11.8 Å². The van der Waals surface area contributed by atoms with E-state index in [0.717, 1.165) is 17.9 Å². The van der Waals surface area contributed by atoms with Crippen molar-refractivity contribution < 1.29 is 4.84 Å². The highest BCUT2D eigenvalue weighted by molar-refractivity contribution is 7.99. The van der Waals surface area contributed by atoms with Gasteiger partial charge in [0.15, 0.2) is 0 Å². The molecule has 0 amide bonds. The van der Waals surface area contributed by atoms with Crippen LogP contribution in [0.5, 0.6) is 0 Å². The number of oxime groups is 1. The van der Waals surface area contributed by atoms with Crippen LogP contribution in [-0.2, 0) is 4.84 Å². The largest absolute Gasteiger partial charge is 0.399 e. The maximum Gasteiger partial charge on any atom is 0.106 e. The first kappa shape index (κ1) is 9.59.